The maximum Gasteiger partial charge on any atom is 0.240 e. The smallest absolute Gasteiger partial charge is 0.240 e. The number of benzene rings is 2. The van der Waals surface area contributed by atoms with Gasteiger partial charge in [0, 0.05) is 23.2 Å². The molecule has 0 heterocycles. The van der Waals surface area contributed by atoms with Gasteiger partial charge in [-0.25, -0.2) is 21.9 Å². The molecular weight excluding hydrogens is 336 g/mol. The van der Waals surface area contributed by atoms with Crippen molar-refractivity contribution in [1.29, 1.82) is 0 Å². The van der Waals surface area contributed by atoms with Crippen LogP contribution in [0.15, 0.2) is 47.4 Å². The molecule has 0 aliphatic heterocycles. The Balaban J connectivity index is 2.14. The van der Waals surface area contributed by atoms with Gasteiger partial charge >= 0.3 is 0 Å². The van der Waals surface area contributed by atoms with Gasteiger partial charge in [-0.3, -0.25) is 0 Å². The van der Waals surface area contributed by atoms with Gasteiger partial charge in [-0.2, -0.15) is 0 Å². The number of hydrogen-bond acceptors (Lipinski definition) is 3. The molecule has 0 aliphatic rings. The average molecular weight is 348 g/mol. The van der Waals surface area contributed by atoms with Crippen LogP contribution in [0.5, 0.6) is 0 Å². The molecule has 0 saturated heterocycles. The Hall–Kier alpha value is -1.54. The van der Waals surface area contributed by atoms with Crippen LogP contribution in [-0.2, 0) is 10.0 Å². The second-order valence-electron chi connectivity index (χ2n) is 4.49. The van der Waals surface area contributed by atoms with Gasteiger partial charge in [0.15, 0.2) is 0 Å². The fraction of sp³-hybridized carbons (Fsp3) is 0.143. The Bertz CT molecular complexity index is 763. The number of hydrogen-bond donors (Lipinski definition) is 2. The van der Waals surface area contributed by atoms with Crippen LogP contribution in [0.25, 0.3) is 0 Å². The van der Waals surface area contributed by atoms with Crippen LogP contribution in [0, 0.1) is 11.6 Å². The second kappa shape index (κ2) is 6.70. The first-order valence-corrected chi connectivity index (χ1v) is 8.04. The van der Waals surface area contributed by atoms with E-state index in [1.54, 1.807) is 24.3 Å². The number of aliphatic hydroxyl groups excluding tert-OH is 1. The van der Waals surface area contributed by atoms with E-state index in [1.807, 2.05) is 0 Å². The van der Waals surface area contributed by atoms with Gasteiger partial charge in [0.25, 0.3) is 0 Å². The van der Waals surface area contributed by atoms with Gasteiger partial charge in [-0.15, -0.1) is 0 Å². The summed E-state index contributed by atoms with van der Waals surface area (Å²) in [5.74, 6) is -2.01. The zero-order valence-corrected chi connectivity index (χ0v) is 12.7. The Morgan fingerprint density at radius 3 is 2.32 bits per heavy atom. The van der Waals surface area contributed by atoms with Crippen molar-refractivity contribution in [3.05, 3.63) is 64.7 Å². The van der Waals surface area contributed by atoms with Crippen molar-refractivity contribution in [2.45, 2.75) is 11.0 Å². The monoisotopic (exact) mass is 347 g/mol. The lowest BCUT2D eigenvalue weighted by molar-refractivity contribution is 0.182. The molecule has 1 atom stereocenters. The number of halogens is 3. The Morgan fingerprint density at radius 2 is 1.73 bits per heavy atom. The number of nitrogens with one attached hydrogen (secondary N) is 1. The second-order valence-corrected chi connectivity index (χ2v) is 6.67. The van der Waals surface area contributed by atoms with Crippen LogP contribution in [0.1, 0.15) is 11.7 Å². The summed E-state index contributed by atoms with van der Waals surface area (Å²) in [6.45, 7) is -0.385. The third-order valence-electron chi connectivity index (χ3n) is 2.88. The standard InChI is InChI=1S/C14H12ClF2NO3S/c15-13-4-2-1-3-12(13)14(19)8-18-22(20,21)11-6-9(16)5-10(17)7-11/h1-7,14,18-19H,8H2. The van der Waals surface area contributed by atoms with Crippen molar-refractivity contribution >= 4 is 21.6 Å². The maximum absolute atomic E-state index is 13.1. The van der Waals surface area contributed by atoms with Crippen molar-refractivity contribution in [3.63, 3.8) is 0 Å². The van der Waals surface area contributed by atoms with E-state index in [0.29, 0.717) is 23.8 Å². The SMILES string of the molecule is O=S(=O)(NCC(O)c1ccccc1Cl)c1cc(F)cc(F)c1. The Kier molecular flexibility index (Phi) is 5.12. The van der Waals surface area contributed by atoms with Crippen molar-refractivity contribution < 1.29 is 22.3 Å². The van der Waals surface area contributed by atoms with Gasteiger partial charge in [0.1, 0.15) is 11.6 Å². The van der Waals surface area contributed by atoms with Gasteiger partial charge in [0.2, 0.25) is 10.0 Å². The summed E-state index contributed by atoms with van der Waals surface area (Å²) in [5, 5.41) is 10.2. The topological polar surface area (TPSA) is 66.4 Å². The predicted molar refractivity (Wildman–Crippen MR) is 78.0 cm³/mol. The molecular formula is C14H12ClF2NO3S. The minimum atomic E-state index is -4.15. The van der Waals surface area contributed by atoms with E-state index in [2.05, 4.69) is 4.72 Å². The van der Waals surface area contributed by atoms with Gasteiger partial charge in [-0.1, -0.05) is 29.8 Å². The van der Waals surface area contributed by atoms with Gasteiger partial charge < -0.3 is 5.11 Å². The molecule has 0 aromatic heterocycles. The fourth-order valence-electron chi connectivity index (χ4n) is 1.81. The molecule has 4 nitrogen and oxygen atoms in total. The summed E-state index contributed by atoms with van der Waals surface area (Å²) in [4.78, 5) is -0.559. The van der Waals surface area contributed by atoms with E-state index in [9.17, 15) is 22.3 Å². The minimum absolute atomic E-state index is 0.283. The number of aliphatic hydroxyl groups is 1. The molecule has 2 N–H and O–H groups in total. The quantitative estimate of drug-likeness (QED) is 0.873. The molecule has 0 aliphatic carbocycles. The molecule has 0 fully saturated rings. The summed E-state index contributed by atoms with van der Waals surface area (Å²) >= 11 is 5.89. The molecule has 0 amide bonds. The van der Waals surface area contributed by atoms with E-state index >= 15 is 0 Å². The molecule has 2 aromatic carbocycles. The van der Waals surface area contributed by atoms with Crippen LogP contribution < -0.4 is 4.72 Å². The fourth-order valence-corrected chi connectivity index (χ4v) is 3.15. The lowest BCUT2D eigenvalue weighted by Crippen LogP contribution is -2.28. The molecule has 0 bridgehead atoms. The molecule has 2 rings (SSSR count). The maximum atomic E-state index is 13.1. The van der Waals surface area contributed by atoms with Gasteiger partial charge in [-0.05, 0) is 18.2 Å². The first-order chi connectivity index (χ1) is 10.3. The van der Waals surface area contributed by atoms with E-state index < -0.39 is 32.7 Å². The minimum Gasteiger partial charge on any atom is -0.387 e. The number of rotatable bonds is 5. The van der Waals surface area contributed by atoms with Crippen LogP contribution >= 0.6 is 11.6 Å². The lowest BCUT2D eigenvalue weighted by atomic mass is 10.1. The van der Waals surface area contributed by atoms with Crippen molar-refractivity contribution in [1.82, 2.24) is 4.72 Å². The van der Waals surface area contributed by atoms with Crippen LogP contribution in [-0.4, -0.2) is 20.1 Å². The third kappa shape index (κ3) is 4.01. The summed E-state index contributed by atoms with van der Waals surface area (Å²) in [6, 6.07) is 8.34. The molecule has 22 heavy (non-hydrogen) atoms. The summed E-state index contributed by atoms with van der Waals surface area (Å²) in [7, 11) is -4.15. The van der Waals surface area contributed by atoms with Crippen molar-refractivity contribution in [2.24, 2.45) is 0 Å². The highest BCUT2D eigenvalue weighted by atomic mass is 35.5. The van der Waals surface area contributed by atoms with Crippen molar-refractivity contribution in [2.75, 3.05) is 6.54 Å². The third-order valence-corrected chi connectivity index (χ3v) is 4.62. The van der Waals surface area contributed by atoms with Crippen LogP contribution in [0.2, 0.25) is 5.02 Å². The van der Waals surface area contributed by atoms with E-state index in [1.165, 1.54) is 0 Å². The molecule has 118 valence electrons. The molecule has 1 unspecified atom stereocenters. The van der Waals surface area contributed by atoms with E-state index in [0.717, 1.165) is 0 Å². The van der Waals surface area contributed by atoms with Crippen LogP contribution in [0.4, 0.5) is 8.78 Å². The molecule has 0 spiro atoms. The Labute approximate surface area is 131 Å². The van der Waals surface area contributed by atoms with E-state index in [-0.39, 0.29) is 11.6 Å². The summed E-state index contributed by atoms with van der Waals surface area (Å²) in [5.41, 5.74) is 0.345. The van der Waals surface area contributed by atoms with Crippen molar-refractivity contribution in [3.8, 4) is 0 Å². The first kappa shape index (κ1) is 16.8. The van der Waals surface area contributed by atoms with Gasteiger partial charge in [0.05, 0.1) is 11.0 Å². The largest absolute Gasteiger partial charge is 0.387 e. The highest BCUT2D eigenvalue weighted by molar-refractivity contribution is 7.89. The summed E-state index contributed by atoms with van der Waals surface area (Å²) < 4.78 is 52.2. The highest BCUT2D eigenvalue weighted by Gasteiger charge is 2.19. The van der Waals surface area contributed by atoms with Crippen LogP contribution in [0.3, 0.4) is 0 Å². The zero-order valence-electron chi connectivity index (χ0n) is 11.1. The lowest BCUT2D eigenvalue weighted by Gasteiger charge is -2.14. The molecule has 2 aromatic rings. The predicted octanol–water partition coefficient (Wildman–Crippen LogP) is 2.63. The number of sulfonamides is 1. The average Bonchev–Trinajstić information content (AvgIpc) is 2.44. The summed E-state index contributed by atoms with van der Waals surface area (Å²) in [6.07, 6.45) is -1.19. The Morgan fingerprint density at radius 1 is 1.14 bits per heavy atom. The van der Waals surface area contributed by atoms with E-state index in [4.69, 9.17) is 11.6 Å². The molecule has 0 radical (unpaired) electrons. The highest BCUT2D eigenvalue weighted by Crippen LogP contribution is 2.22. The normalized spacial score (nSPS) is 13.1. The zero-order chi connectivity index (χ0) is 16.3. The molecule has 8 heteroatoms. The molecule has 0 saturated carbocycles. The first-order valence-electron chi connectivity index (χ1n) is 6.18.